The van der Waals surface area contributed by atoms with Crippen molar-refractivity contribution in [2.45, 2.75) is 63.0 Å². The predicted octanol–water partition coefficient (Wildman–Crippen LogP) is 3.72. The molecule has 1 aromatic rings. The van der Waals surface area contributed by atoms with E-state index in [-0.39, 0.29) is 17.7 Å². The fourth-order valence-corrected chi connectivity index (χ4v) is 4.00. The van der Waals surface area contributed by atoms with Gasteiger partial charge in [0, 0.05) is 13.2 Å². The van der Waals surface area contributed by atoms with Gasteiger partial charge >= 0.3 is 6.03 Å². The second-order valence-corrected chi connectivity index (χ2v) is 7.19. The fourth-order valence-electron chi connectivity index (χ4n) is 4.00. The number of methoxy groups -OCH3 is 1. The summed E-state index contributed by atoms with van der Waals surface area (Å²) in [6.45, 7) is 1.40. The lowest BCUT2D eigenvalue weighted by molar-refractivity contribution is 0.110. The Morgan fingerprint density at radius 3 is 2.48 bits per heavy atom. The largest absolute Gasteiger partial charge is 0.497 e. The number of hydrogen-bond donors (Lipinski definition) is 2. The normalized spacial score (nSPS) is 22.8. The summed E-state index contributed by atoms with van der Waals surface area (Å²) in [5.74, 6) is 0.843. The van der Waals surface area contributed by atoms with Crippen molar-refractivity contribution in [1.29, 1.82) is 0 Å². The van der Waals surface area contributed by atoms with Gasteiger partial charge in [0.05, 0.1) is 18.8 Å². The quantitative estimate of drug-likeness (QED) is 0.799. The molecule has 0 bridgehead atoms. The number of carbonyl (C=O) groups excluding carboxylic acids is 1. The maximum Gasteiger partial charge on any atom is 0.315 e. The fraction of sp³-hybridized carbons (Fsp3) is 0.650. The van der Waals surface area contributed by atoms with Crippen LogP contribution in [-0.2, 0) is 10.3 Å². The first-order chi connectivity index (χ1) is 12.2. The Balaban J connectivity index is 1.70. The predicted molar refractivity (Wildman–Crippen MR) is 97.9 cm³/mol. The van der Waals surface area contributed by atoms with Crippen LogP contribution in [0.2, 0.25) is 0 Å². The summed E-state index contributed by atoms with van der Waals surface area (Å²) < 4.78 is 10.9. The molecule has 5 heteroatoms. The highest BCUT2D eigenvalue weighted by Crippen LogP contribution is 2.36. The molecule has 3 rings (SSSR count). The average molecular weight is 346 g/mol. The minimum atomic E-state index is -0.288. The highest BCUT2D eigenvalue weighted by molar-refractivity contribution is 5.75. The molecule has 1 saturated heterocycles. The number of nitrogens with one attached hydrogen (secondary N) is 2. The third-order valence-electron chi connectivity index (χ3n) is 5.47. The van der Waals surface area contributed by atoms with Crippen molar-refractivity contribution in [3.05, 3.63) is 29.8 Å². The number of rotatable bonds is 5. The molecular formula is C20H30N2O3. The molecule has 0 aromatic heterocycles. The smallest absolute Gasteiger partial charge is 0.315 e. The van der Waals surface area contributed by atoms with Gasteiger partial charge in [0.1, 0.15) is 5.75 Å². The van der Waals surface area contributed by atoms with E-state index in [4.69, 9.17) is 9.47 Å². The van der Waals surface area contributed by atoms with Crippen molar-refractivity contribution in [2.24, 2.45) is 0 Å². The monoisotopic (exact) mass is 346 g/mol. The number of ether oxygens (including phenoxy) is 2. The minimum absolute atomic E-state index is 0.0896. The second kappa shape index (κ2) is 8.56. The van der Waals surface area contributed by atoms with Crippen LogP contribution < -0.4 is 15.4 Å². The number of amides is 2. The number of benzene rings is 1. The first kappa shape index (κ1) is 18.1. The van der Waals surface area contributed by atoms with Gasteiger partial charge < -0.3 is 20.1 Å². The molecule has 1 heterocycles. The maximum absolute atomic E-state index is 12.6. The lowest BCUT2D eigenvalue weighted by Crippen LogP contribution is -2.51. The van der Waals surface area contributed by atoms with Gasteiger partial charge in [0.25, 0.3) is 0 Å². The summed E-state index contributed by atoms with van der Waals surface area (Å²) in [7, 11) is 1.67. The average Bonchev–Trinajstić information content (AvgIpc) is 3.06. The molecule has 5 nitrogen and oxygen atoms in total. The molecule has 1 saturated carbocycles. The van der Waals surface area contributed by atoms with E-state index in [0.717, 1.165) is 50.9 Å². The van der Waals surface area contributed by atoms with Gasteiger partial charge in [-0.1, -0.05) is 37.8 Å². The summed E-state index contributed by atoms with van der Waals surface area (Å²) in [4.78, 5) is 12.6. The van der Waals surface area contributed by atoms with Crippen LogP contribution in [0.3, 0.4) is 0 Å². The zero-order chi connectivity index (χ0) is 17.5. The number of carbonyl (C=O) groups is 1. The summed E-state index contributed by atoms with van der Waals surface area (Å²) in [6.07, 6.45) is 8.98. The van der Waals surface area contributed by atoms with E-state index in [1.54, 1.807) is 7.11 Å². The minimum Gasteiger partial charge on any atom is -0.497 e. The van der Waals surface area contributed by atoms with Crippen LogP contribution in [0.25, 0.3) is 0 Å². The molecular weight excluding hydrogens is 316 g/mol. The van der Waals surface area contributed by atoms with Gasteiger partial charge in [0.2, 0.25) is 0 Å². The highest BCUT2D eigenvalue weighted by atomic mass is 16.5. The standard InChI is InChI=1S/C20H30N2O3/c1-24-17-10-8-16(9-11-17)20(12-4-2-3-5-13-20)22-19(23)21-15-18-7-6-14-25-18/h8-11,18H,2-7,12-15H2,1H3,(H2,21,22,23)/t18-/m1/s1. The van der Waals surface area contributed by atoms with Crippen LogP contribution in [0.1, 0.15) is 56.9 Å². The third-order valence-corrected chi connectivity index (χ3v) is 5.47. The van der Waals surface area contributed by atoms with Crippen LogP contribution in [0.15, 0.2) is 24.3 Å². The Morgan fingerprint density at radius 1 is 1.16 bits per heavy atom. The molecule has 2 N–H and O–H groups in total. The van der Waals surface area contributed by atoms with Gasteiger partial charge in [-0.15, -0.1) is 0 Å². The van der Waals surface area contributed by atoms with E-state index in [0.29, 0.717) is 6.54 Å². The molecule has 1 aliphatic carbocycles. The van der Waals surface area contributed by atoms with Gasteiger partial charge in [-0.3, -0.25) is 0 Å². The van der Waals surface area contributed by atoms with Crippen LogP contribution in [0, 0.1) is 0 Å². The van der Waals surface area contributed by atoms with Crippen molar-refractivity contribution < 1.29 is 14.3 Å². The van der Waals surface area contributed by atoms with Gasteiger partial charge in [-0.25, -0.2) is 4.79 Å². The molecule has 1 aliphatic heterocycles. The van der Waals surface area contributed by atoms with Crippen molar-refractivity contribution in [2.75, 3.05) is 20.3 Å². The third kappa shape index (κ3) is 4.66. The van der Waals surface area contributed by atoms with Crippen LogP contribution in [0.5, 0.6) is 5.75 Å². The van der Waals surface area contributed by atoms with Crippen molar-refractivity contribution in [3.63, 3.8) is 0 Å². The van der Waals surface area contributed by atoms with E-state index < -0.39 is 0 Å². The van der Waals surface area contributed by atoms with E-state index in [1.165, 1.54) is 18.4 Å². The Morgan fingerprint density at radius 2 is 1.88 bits per heavy atom. The SMILES string of the molecule is COc1ccc(C2(NC(=O)NC[C@H]3CCCO3)CCCCCC2)cc1. The van der Waals surface area contributed by atoms with Crippen LogP contribution in [0.4, 0.5) is 4.79 Å². The van der Waals surface area contributed by atoms with Gasteiger partial charge in [-0.05, 0) is 43.4 Å². The summed E-state index contributed by atoms with van der Waals surface area (Å²) >= 11 is 0. The first-order valence-electron chi connectivity index (χ1n) is 9.54. The lowest BCUT2D eigenvalue weighted by atomic mass is 9.83. The Kier molecular flexibility index (Phi) is 6.19. The van der Waals surface area contributed by atoms with Crippen molar-refractivity contribution >= 4 is 6.03 Å². The van der Waals surface area contributed by atoms with E-state index >= 15 is 0 Å². The summed E-state index contributed by atoms with van der Waals surface area (Å²) in [5.41, 5.74) is 0.881. The molecule has 0 radical (unpaired) electrons. The van der Waals surface area contributed by atoms with Crippen molar-refractivity contribution in [3.8, 4) is 5.75 Å². The molecule has 138 valence electrons. The number of urea groups is 1. The van der Waals surface area contributed by atoms with Gasteiger partial charge in [-0.2, -0.15) is 0 Å². The molecule has 2 amide bonds. The Labute approximate surface area is 150 Å². The van der Waals surface area contributed by atoms with Crippen molar-refractivity contribution in [1.82, 2.24) is 10.6 Å². The van der Waals surface area contributed by atoms with E-state index in [1.807, 2.05) is 12.1 Å². The number of hydrogen-bond acceptors (Lipinski definition) is 3. The van der Waals surface area contributed by atoms with Crippen LogP contribution >= 0.6 is 0 Å². The topological polar surface area (TPSA) is 59.6 Å². The molecule has 2 fully saturated rings. The molecule has 25 heavy (non-hydrogen) atoms. The van der Waals surface area contributed by atoms with Gasteiger partial charge in [0.15, 0.2) is 0 Å². The zero-order valence-electron chi connectivity index (χ0n) is 15.2. The molecule has 0 spiro atoms. The van der Waals surface area contributed by atoms with Crippen LogP contribution in [-0.4, -0.2) is 32.4 Å². The maximum atomic E-state index is 12.6. The zero-order valence-corrected chi connectivity index (χ0v) is 15.2. The Bertz CT molecular complexity index is 545. The second-order valence-electron chi connectivity index (χ2n) is 7.19. The van der Waals surface area contributed by atoms with E-state index in [2.05, 4.69) is 22.8 Å². The highest BCUT2D eigenvalue weighted by Gasteiger charge is 2.34. The molecule has 1 aromatic carbocycles. The summed E-state index contributed by atoms with van der Waals surface area (Å²) in [5, 5.41) is 6.31. The Hall–Kier alpha value is -1.75. The first-order valence-corrected chi connectivity index (χ1v) is 9.54. The molecule has 0 unspecified atom stereocenters. The lowest BCUT2D eigenvalue weighted by Gasteiger charge is -2.35. The summed E-state index contributed by atoms with van der Waals surface area (Å²) in [6, 6.07) is 8.05. The molecule has 2 aliphatic rings. The van der Waals surface area contributed by atoms with E-state index in [9.17, 15) is 4.79 Å². The molecule has 1 atom stereocenters.